The van der Waals surface area contributed by atoms with Crippen molar-refractivity contribution in [3.8, 4) is 0 Å². The van der Waals surface area contributed by atoms with Crippen molar-refractivity contribution >= 4 is 22.3 Å². The number of carbonyl (C=O) groups is 1. The van der Waals surface area contributed by atoms with Gasteiger partial charge in [0.15, 0.2) is 10.7 Å². The summed E-state index contributed by atoms with van der Waals surface area (Å²) in [6, 6.07) is 0. The lowest BCUT2D eigenvalue weighted by atomic mass is 10.0. The molecule has 2 aromatic heterocycles. The molecule has 5 heteroatoms. The van der Waals surface area contributed by atoms with Crippen LogP contribution in [0.5, 0.6) is 0 Å². The number of imidazole rings is 1. The van der Waals surface area contributed by atoms with Crippen molar-refractivity contribution in [3.63, 3.8) is 0 Å². The molecule has 18 heavy (non-hydrogen) atoms. The number of aromatic nitrogens is 2. The largest absolute Gasteiger partial charge is 0.477 e. The van der Waals surface area contributed by atoms with Gasteiger partial charge in [-0.15, -0.1) is 11.3 Å². The molecule has 1 aliphatic carbocycles. The molecule has 2 heterocycles. The second kappa shape index (κ2) is 4.39. The first-order valence-electron chi connectivity index (χ1n) is 6.47. The molecule has 0 saturated carbocycles. The molecule has 2 aromatic rings. The highest BCUT2D eigenvalue weighted by Gasteiger charge is 2.25. The van der Waals surface area contributed by atoms with Gasteiger partial charge in [-0.1, -0.05) is 13.3 Å². The van der Waals surface area contributed by atoms with Crippen LogP contribution in [0.25, 0.3) is 4.96 Å². The van der Waals surface area contributed by atoms with Crippen LogP contribution >= 0.6 is 11.3 Å². The number of hydrogen-bond acceptors (Lipinski definition) is 3. The maximum absolute atomic E-state index is 11.5. The molecule has 0 radical (unpaired) electrons. The second-order valence-electron chi connectivity index (χ2n) is 4.76. The lowest BCUT2D eigenvalue weighted by Gasteiger charge is -2.11. The summed E-state index contributed by atoms with van der Waals surface area (Å²) in [4.78, 5) is 18.2. The molecule has 1 N–H and O–H groups in total. The van der Waals surface area contributed by atoms with Crippen LogP contribution in [0, 0.1) is 0 Å². The number of carboxylic acid groups (broad SMARTS) is 1. The Hall–Kier alpha value is -1.36. The summed E-state index contributed by atoms with van der Waals surface area (Å²) in [5, 5.41) is 9.44. The van der Waals surface area contributed by atoms with Crippen molar-refractivity contribution in [1.29, 1.82) is 0 Å². The number of rotatable bonds is 3. The van der Waals surface area contributed by atoms with Crippen LogP contribution in [0.15, 0.2) is 0 Å². The van der Waals surface area contributed by atoms with E-state index in [9.17, 15) is 9.90 Å². The summed E-state index contributed by atoms with van der Waals surface area (Å²) in [7, 11) is 0. The third kappa shape index (κ3) is 1.65. The Balaban J connectivity index is 2.25. The van der Waals surface area contributed by atoms with E-state index in [0.29, 0.717) is 5.69 Å². The molecule has 0 unspecified atom stereocenters. The van der Waals surface area contributed by atoms with Crippen molar-refractivity contribution in [3.05, 3.63) is 22.0 Å². The molecule has 4 nitrogen and oxygen atoms in total. The number of thiazole rings is 1. The minimum Gasteiger partial charge on any atom is -0.477 e. The van der Waals surface area contributed by atoms with Gasteiger partial charge >= 0.3 is 5.97 Å². The molecule has 1 aliphatic rings. The molecular formula is C13H16N2O2S. The number of hydrogen-bond donors (Lipinski definition) is 1. The van der Waals surface area contributed by atoms with Crippen molar-refractivity contribution in [1.82, 2.24) is 9.38 Å². The number of aryl methyl sites for hydroxylation is 3. The number of aromatic carboxylic acids is 1. The zero-order valence-electron chi connectivity index (χ0n) is 10.4. The average molecular weight is 264 g/mol. The SMILES string of the molecule is CCCc1nc2sc3c(n2c1C(=O)O)CCCC3. The number of nitrogens with zero attached hydrogens (tertiary/aromatic N) is 2. The van der Waals surface area contributed by atoms with E-state index in [4.69, 9.17) is 0 Å². The summed E-state index contributed by atoms with van der Waals surface area (Å²) in [6.07, 6.45) is 6.08. The van der Waals surface area contributed by atoms with Crippen LogP contribution in [0.4, 0.5) is 0 Å². The highest BCUT2D eigenvalue weighted by atomic mass is 32.1. The average Bonchev–Trinajstić information content (AvgIpc) is 2.84. The van der Waals surface area contributed by atoms with Gasteiger partial charge in [-0.2, -0.15) is 0 Å². The van der Waals surface area contributed by atoms with E-state index in [1.807, 2.05) is 4.40 Å². The van der Waals surface area contributed by atoms with Crippen LogP contribution in [0.2, 0.25) is 0 Å². The zero-order chi connectivity index (χ0) is 12.7. The van der Waals surface area contributed by atoms with Gasteiger partial charge in [0, 0.05) is 10.6 Å². The summed E-state index contributed by atoms with van der Waals surface area (Å²) in [5.41, 5.74) is 2.32. The molecule has 0 spiro atoms. The van der Waals surface area contributed by atoms with Gasteiger partial charge in [-0.25, -0.2) is 9.78 Å². The van der Waals surface area contributed by atoms with Crippen LogP contribution in [0.3, 0.4) is 0 Å². The van der Waals surface area contributed by atoms with Gasteiger partial charge < -0.3 is 5.11 Å². The third-order valence-corrected chi connectivity index (χ3v) is 4.62. The number of carboxylic acids is 1. The Morgan fingerprint density at radius 3 is 2.94 bits per heavy atom. The van der Waals surface area contributed by atoms with E-state index in [0.717, 1.165) is 42.8 Å². The smallest absolute Gasteiger partial charge is 0.354 e. The van der Waals surface area contributed by atoms with Crippen LogP contribution in [0.1, 0.15) is 52.9 Å². The molecule has 3 rings (SSSR count). The van der Waals surface area contributed by atoms with Crippen molar-refractivity contribution < 1.29 is 9.90 Å². The van der Waals surface area contributed by atoms with E-state index in [-0.39, 0.29) is 0 Å². The highest BCUT2D eigenvalue weighted by Crippen LogP contribution is 2.32. The monoisotopic (exact) mass is 264 g/mol. The minimum atomic E-state index is -0.850. The molecule has 96 valence electrons. The first-order chi connectivity index (χ1) is 8.72. The Morgan fingerprint density at radius 2 is 2.22 bits per heavy atom. The summed E-state index contributed by atoms with van der Waals surface area (Å²) in [5.74, 6) is -0.850. The van der Waals surface area contributed by atoms with Crippen molar-refractivity contribution in [2.75, 3.05) is 0 Å². The highest BCUT2D eigenvalue weighted by molar-refractivity contribution is 7.17. The maximum Gasteiger partial charge on any atom is 0.354 e. The van der Waals surface area contributed by atoms with Gasteiger partial charge in [0.2, 0.25) is 0 Å². The van der Waals surface area contributed by atoms with E-state index < -0.39 is 5.97 Å². The maximum atomic E-state index is 11.5. The lowest BCUT2D eigenvalue weighted by molar-refractivity contribution is 0.0687. The fourth-order valence-electron chi connectivity index (χ4n) is 2.71. The Morgan fingerprint density at radius 1 is 1.44 bits per heavy atom. The van der Waals surface area contributed by atoms with Gasteiger partial charge in [-0.05, 0) is 32.1 Å². The first kappa shape index (κ1) is 11.7. The number of fused-ring (bicyclic) bond motifs is 3. The predicted molar refractivity (Wildman–Crippen MR) is 70.7 cm³/mol. The fraction of sp³-hybridized carbons (Fsp3) is 0.538. The molecule has 0 atom stereocenters. The molecule has 0 aliphatic heterocycles. The lowest BCUT2D eigenvalue weighted by Crippen LogP contribution is -2.10. The summed E-state index contributed by atoms with van der Waals surface area (Å²) >= 11 is 1.67. The molecule has 0 bridgehead atoms. The fourth-order valence-corrected chi connectivity index (χ4v) is 3.94. The molecule has 0 aromatic carbocycles. The normalized spacial score (nSPS) is 14.9. The van der Waals surface area contributed by atoms with E-state index >= 15 is 0 Å². The molecular weight excluding hydrogens is 248 g/mol. The topological polar surface area (TPSA) is 54.6 Å². The quantitative estimate of drug-likeness (QED) is 0.927. The van der Waals surface area contributed by atoms with E-state index in [1.165, 1.54) is 17.0 Å². The van der Waals surface area contributed by atoms with Gasteiger partial charge in [-0.3, -0.25) is 4.40 Å². The first-order valence-corrected chi connectivity index (χ1v) is 7.29. The third-order valence-electron chi connectivity index (χ3n) is 3.48. The zero-order valence-corrected chi connectivity index (χ0v) is 11.2. The standard InChI is InChI=1S/C13H16N2O2S/c1-2-5-8-11(12(16)17)15-9-6-3-4-7-10(9)18-13(15)14-8/h2-7H2,1H3,(H,16,17). The Labute approximate surface area is 109 Å². The molecule has 0 saturated heterocycles. The minimum absolute atomic E-state index is 0.395. The van der Waals surface area contributed by atoms with E-state index in [2.05, 4.69) is 11.9 Å². The van der Waals surface area contributed by atoms with Crippen LogP contribution in [-0.4, -0.2) is 20.5 Å². The molecule has 0 fully saturated rings. The van der Waals surface area contributed by atoms with Gasteiger partial charge in [0.25, 0.3) is 0 Å². The predicted octanol–water partition coefficient (Wildman–Crippen LogP) is 2.93. The van der Waals surface area contributed by atoms with Gasteiger partial charge in [0.1, 0.15) is 0 Å². The van der Waals surface area contributed by atoms with Crippen LogP contribution < -0.4 is 0 Å². The van der Waals surface area contributed by atoms with E-state index in [1.54, 1.807) is 11.3 Å². The van der Waals surface area contributed by atoms with Gasteiger partial charge in [0.05, 0.1) is 5.69 Å². The van der Waals surface area contributed by atoms with Crippen molar-refractivity contribution in [2.24, 2.45) is 0 Å². The molecule has 0 amide bonds. The van der Waals surface area contributed by atoms with Crippen LogP contribution in [-0.2, 0) is 19.3 Å². The summed E-state index contributed by atoms with van der Waals surface area (Å²) in [6.45, 7) is 2.05. The van der Waals surface area contributed by atoms with Crippen molar-refractivity contribution in [2.45, 2.75) is 45.4 Å². The Bertz CT molecular complexity index is 612. The summed E-state index contributed by atoms with van der Waals surface area (Å²) < 4.78 is 1.90. The second-order valence-corrected chi connectivity index (χ2v) is 5.82. The Kier molecular flexibility index (Phi) is 2.86.